The third-order valence-corrected chi connectivity index (χ3v) is 6.31. The number of rotatable bonds is 4. The van der Waals surface area contributed by atoms with Crippen LogP contribution in [0.15, 0.2) is 42.5 Å². The van der Waals surface area contributed by atoms with Crippen molar-refractivity contribution < 1.29 is 37.0 Å². The van der Waals surface area contributed by atoms with Crippen molar-refractivity contribution in [2.45, 2.75) is 37.6 Å². The number of carbonyl (C=O) groups excluding carboxylic acids is 2. The fraction of sp³-hybridized carbons (Fsp3) is 0.391. The Morgan fingerprint density at radius 2 is 1.82 bits per heavy atom. The van der Waals surface area contributed by atoms with E-state index in [2.05, 4.69) is 10.1 Å². The van der Waals surface area contributed by atoms with Crippen molar-refractivity contribution in [1.29, 1.82) is 0 Å². The second-order valence-corrected chi connectivity index (χ2v) is 8.39. The number of carbonyl (C=O) groups is 2. The Kier molecular flexibility index (Phi) is 6.28. The SMILES string of the molecule is O=C(Cc1ccccc1OC(F)(F)F)N1CCC2(CCNC(=O)N2c2ccc(F)cc2O)CC1. The maximum Gasteiger partial charge on any atom is 0.573 e. The predicted octanol–water partition coefficient (Wildman–Crippen LogP) is 3.95. The molecule has 11 heteroatoms. The predicted molar refractivity (Wildman–Crippen MR) is 114 cm³/mol. The number of ether oxygens (including phenoxy) is 1. The summed E-state index contributed by atoms with van der Waals surface area (Å²) in [4.78, 5) is 28.6. The highest BCUT2D eigenvalue weighted by atomic mass is 19.4. The second-order valence-electron chi connectivity index (χ2n) is 8.39. The maximum atomic E-state index is 13.5. The number of phenolic OH excluding ortho intramolecular Hbond substituents is 1. The minimum atomic E-state index is -4.87. The Morgan fingerprint density at radius 1 is 1.12 bits per heavy atom. The van der Waals surface area contributed by atoms with Gasteiger partial charge in [-0.15, -0.1) is 13.2 Å². The molecule has 2 aliphatic heterocycles. The van der Waals surface area contributed by atoms with Gasteiger partial charge in [0, 0.05) is 31.3 Å². The molecule has 0 bridgehead atoms. The Bertz CT molecular complexity index is 1080. The standard InChI is InChI=1S/C23H23F4N3O4/c24-16-5-6-17(18(31)14-16)30-21(33)28-10-7-22(30)8-11-29(12-9-22)20(32)13-15-3-1-2-4-19(15)34-23(25,26)27/h1-6,14,31H,7-13H2,(H,28,33). The number of nitrogens with zero attached hydrogens (tertiary/aromatic N) is 2. The summed E-state index contributed by atoms with van der Waals surface area (Å²) in [5, 5.41) is 13.0. The zero-order chi connectivity index (χ0) is 24.5. The van der Waals surface area contributed by atoms with Crippen molar-refractivity contribution in [3.8, 4) is 11.5 Å². The van der Waals surface area contributed by atoms with Crippen molar-refractivity contribution >= 4 is 17.6 Å². The van der Waals surface area contributed by atoms with Crippen LogP contribution in [-0.4, -0.2) is 53.5 Å². The average molecular weight is 481 g/mol. The van der Waals surface area contributed by atoms with Gasteiger partial charge in [-0.3, -0.25) is 9.69 Å². The van der Waals surface area contributed by atoms with Crippen molar-refractivity contribution in [3.05, 3.63) is 53.8 Å². The third-order valence-electron chi connectivity index (χ3n) is 6.31. The van der Waals surface area contributed by atoms with Crippen LogP contribution in [0, 0.1) is 5.82 Å². The highest BCUT2D eigenvalue weighted by molar-refractivity contribution is 5.96. The van der Waals surface area contributed by atoms with Crippen molar-refractivity contribution in [2.75, 3.05) is 24.5 Å². The van der Waals surface area contributed by atoms with Gasteiger partial charge in [0.05, 0.1) is 17.6 Å². The summed E-state index contributed by atoms with van der Waals surface area (Å²) in [5.41, 5.74) is -0.386. The molecule has 34 heavy (non-hydrogen) atoms. The van der Waals surface area contributed by atoms with E-state index in [1.54, 1.807) is 4.90 Å². The minimum absolute atomic E-state index is 0.125. The van der Waals surface area contributed by atoms with Crippen LogP contribution in [0.4, 0.5) is 28.0 Å². The third kappa shape index (κ3) is 4.87. The molecule has 2 N–H and O–H groups in total. The largest absolute Gasteiger partial charge is 0.573 e. The molecule has 0 aromatic heterocycles. The molecule has 2 aliphatic rings. The van der Waals surface area contributed by atoms with E-state index in [0.29, 0.717) is 25.8 Å². The van der Waals surface area contributed by atoms with E-state index >= 15 is 0 Å². The summed E-state index contributed by atoms with van der Waals surface area (Å²) in [6.07, 6.45) is -3.79. The zero-order valence-electron chi connectivity index (χ0n) is 18.1. The van der Waals surface area contributed by atoms with Crippen molar-refractivity contribution in [2.24, 2.45) is 0 Å². The van der Waals surface area contributed by atoms with Crippen LogP contribution >= 0.6 is 0 Å². The van der Waals surface area contributed by atoms with E-state index in [4.69, 9.17) is 0 Å². The minimum Gasteiger partial charge on any atom is -0.506 e. The highest BCUT2D eigenvalue weighted by Crippen LogP contribution is 2.41. The zero-order valence-corrected chi connectivity index (χ0v) is 18.1. The molecule has 2 aromatic rings. The second kappa shape index (κ2) is 9.03. The van der Waals surface area contributed by atoms with Crippen molar-refractivity contribution in [3.63, 3.8) is 0 Å². The van der Waals surface area contributed by atoms with Crippen LogP contribution in [0.2, 0.25) is 0 Å². The van der Waals surface area contributed by atoms with Gasteiger partial charge in [-0.2, -0.15) is 0 Å². The molecule has 0 aliphatic carbocycles. The quantitative estimate of drug-likeness (QED) is 0.648. The summed E-state index contributed by atoms with van der Waals surface area (Å²) < 4.78 is 55.6. The highest BCUT2D eigenvalue weighted by Gasteiger charge is 2.46. The number of para-hydroxylation sites is 1. The first-order valence-electron chi connectivity index (χ1n) is 10.8. The molecular formula is C23H23F4N3O4. The number of nitrogens with one attached hydrogen (secondary N) is 1. The van der Waals surface area contributed by atoms with E-state index < -0.39 is 29.5 Å². The normalized spacial score (nSPS) is 18.1. The van der Waals surface area contributed by atoms with Crippen LogP contribution in [0.5, 0.6) is 11.5 Å². The molecule has 0 saturated carbocycles. The van der Waals surface area contributed by atoms with E-state index in [0.717, 1.165) is 18.2 Å². The number of benzene rings is 2. The number of amides is 3. The van der Waals surface area contributed by atoms with Crippen LogP contribution in [0.1, 0.15) is 24.8 Å². The van der Waals surface area contributed by atoms with Crippen LogP contribution in [0.3, 0.4) is 0 Å². The van der Waals surface area contributed by atoms with Gasteiger partial charge in [0.1, 0.15) is 17.3 Å². The summed E-state index contributed by atoms with van der Waals surface area (Å²) >= 11 is 0. The first-order chi connectivity index (χ1) is 16.1. The summed E-state index contributed by atoms with van der Waals surface area (Å²) in [7, 11) is 0. The molecule has 2 aromatic carbocycles. The van der Waals surface area contributed by atoms with Crippen molar-refractivity contribution in [1.82, 2.24) is 10.2 Å². The average Bonchev–Trinajstić information content (AvgIpc) is 2.76. The lowest BCUT2D eigenvalue weighted by Gasteiger charge is -2.51. The molecular weight excluding hydrogens is 458 g/mol. The molecule has 2 fully saturated rings. The van der Waals surface area contributed by atoms with Gasteiger partial charge in [0.2, 0.25) is 5.91 Å². The van der Waals surface area contributed by atoms with Gasteiger partial charge in [-0.25, -0.2) is 9.18 Å². The lowest BCUT2D eigenvalue weighted by Crippen LogP contribution is -2.65. The summed E-state index contributed by atoms with van der Waals surface area (Å²) in [5.74, 6) is -1.78. The Balaban J connectivity index is 1.49. The number of anilines is 1. The van der Waals surface area contributed by atoms with Gasteiger partial charge in [-0.05, 0) is 37.5 Å². The first-order valence-corrected chi connectivity index (χ1v) is 10.8. The topological polar surface area (TPSA) is 82.1 Å². The molecule has 4 rings (SSSR count). The maximum absolute atomic E-state index is 13.5. The lowest BCUT2D eigenvalue weighted by atomic mass is 9.80. The molecule has 0 radical (unpaired) electrons. The molecule has 7 nitrogen and oxygen atoms in total. The first kappa shape index (κ1) is 23.7. The smallest absolute Gasteiger partial charge is 0.506 e. The lowest BCUT2D eigenvalue weighted by molar-refractivity contribution is -0.274. The van der Waals surface area contributed by atoms with Gasteiger partial charge >= 0.3 is 12.4 Å². The van der Waals surface area contributed by atoms with E-state index in [9.17, 15) is 32.3 Å². The molecule has 2 heterocycles. The number of alkyl halides is 3. The Hall–Kier alpha value is -3.50. The van der Waals surface area contributed by atoms with Gasteiger partial charge in [0.15, 0.2) is 0 Å². The number of hydrogen-bond donors (Lipinski definition) is 2. The monoisotopic (exact) mass is 481 g/mol. The number of piperidine rings is 1. The fourth-order valence-electron chi connectivity index (χ4n) is 4.65. The molecule has 1 spiro atoms. The summed E-state index contributed by atoms with van der Waals surface area (Å²) in [6.45, 7) is 0.952. The van der Waals surface area contributed by atoms with Gasteiger partial charge in [0.25, 0.3) is 0 Å². The van der Waals surface area contributed by atoms with Crippen LogP contribution in [-0.2, 0) is 11.2 Å². The fourth-order valence-corrected chi connectivity index (χ4v) is 4.65. The van der Waals surface area contributed by atoms with Gasteiger partial charge in [-0.1, -0.05) is 18.2 Å². The summed E-state index contributed by atoms with van der Waals surface area (Å²) in [6, 6.07) is 8.51. The van der Waals surface area contributed by atoms with Crippen LogP contribution < -0.4 is 15.0 Å². The molecule has 2 saturated heterocycles. The Morgan fingerprint density at radius 3 is 2.50 bits per heavy atom. The number of aromatic hydroxyl groups is 1. The number of phenols is 1. The van der Waals surface area contributed by atoms with E-state index in [1.165, 1.54) is 29.2 Å². The number of likely N-dealkylation sites (tertiary alicyclic amines) is 1. The number of hydrogen-bond acceptors (Lipinski definition) is 4. The molecule has 0 unspecified atom stereocenters. The van der Waals surface area contributed by atoms with E-state index in [-0.39, 0.29) is 42.4 Å². The Labute approximate surface area is 192 Å². The van der Waals surface area contributed by atoms with Crippen LogP contribution in [0.25, 0.3) is 0 Å². The molecule has 0 atom stereocenters. The molecule has 182 valence electrons. The number of halogens is 4. The van der Waals surface area contributed by atoms with E-state index in [1.807, 2.05) is 0 Å². The number of urea groups is 1. The molecule has 3 amide bonds. The van der Waals surface area contributed by atoms with Gasteiger partial charge < -0.3 is 20.1 Å².